The number of rotatable bonds is 2. The van der Waals surface area contributed by atoms with Gasteiger partial charge in [0.25, 0.3) is 5.91 Å². The Morgan fingerprint density at radius 1 is 0.889 bits per heavy atom. The second-order valence-electron chi connectivity index (χ2n) is 6.49. The first kappa shape index (κ1) is 15.5. The Balaban J connectivity index is 1.65. The number of fused-ring (bicyclic) bond motifs is 4. The highest BCUT2D eigenvalue weighted by Crippen LogP contribution is 2.26. The van der Waals surface area contributed by atoms with Gasteiger partial charge in [-0.25, -0.2) is 9.97 Å². The van der Waals surface area contributed by atoms with Gasteiger partial charge in [-0.1, -0.05) is 30.3 Å². The first-order valence-electron chi connectivity index (χ1n) is 8.72. The monoisotopic (exact) mass is 352 g/mol. The summed E-state index contributed by atoms with van der Waals surface area (Å²) in [6, 6.07) is 23.0. The number of hydrogen-bond donors (Lipinski definition) is 1. The minimum absolute atomic E-state index is 0.0637. The number of nitrogens with zero attached hydrogens (tertiary/aromatic N) is 3. The molecule has 1 amide bonds. The van der Waals surface area contributed by atoms with E-state index in [1.807, 2.05) is 72.8 Å². The van der Waals surface area contributed by atoms with E-state index in [2.05, 4.69) is 9.97 Å². The molecule has 2 aromatic heterocycles. The predicted octanol–water partition coefficient (Wildman–Crippen LogP) is 4.54. The third-order valence-electron chi connectivity index (χ3n) is 4.79. The van der Waals surface area contributed by atoms with Crippen molar-refractivity contribution >= 4 is 44.7 Å². The lowest BCUT2D eigenvalue weighted by molar-refractivity contribution is 0.0993. The Hall–Kier alpha value is -3.73. The second kappa shape index (κ2) is 5.92. The molecule has 0 fully saturated rings. The van der Waals surface area contributed by atoms with Crippen molar-refractivity contribution in [3.05, 3.63) is 78.4 Å². The van der Waals surface area contributed by atoms with Crippen LogP contribution in [0.3, 0.4) is 0 Å². The van der Waals surface area contributed by atoms with Crippen LogP contribution in [0.15, 0.2) is 72.8 Å². The first-order chi connectivity index (χ1) is 13.2. The number of H-pyrrole nitrogens is 1. The zero-order valence-corrected chi connectivity index (χ0v) is 14.7. The van der Waals surface area contributed by atoms with Crippen molar-refractivity contribution in [2.24, 2.45) is 0 Å². The molecule has 3 aromatic carbocycles. The number of para-hydroxylation sites is 3. The fraction of sp³-hybridized carbons (Fsp3) is 0.0455. The molecule has 0 aliphatic carbocycles. The summed E-state index contributed by atoms with van der Waals surface area (Å²) in [6.45, 7) is 0. The molecule has 1 N–H and O–H groups in total. The van der Waals surface area contributed by atoms with Crippen LogP contribution >= 0.6 is 0 Å². The van der Waals surface area contributed by atoms with Crippen LogP contribution in [-0.2, 0) is 0 Å². The van der Waals surface area contributed by atoms with Gasteiger partial charge in [-0.05, 0) is 42.5 Å². The van der Waals surface area contributed by atoms with E-state index in [0.717, 1.165) is 38.8 Å². The van der Waals surface area contributed by atoms with Crippen LogP contribution in [0.5, 0.6) is 0 Å². The van der Waals surface area contributed by atoms with Crippen molar-refractivity contribution < 1.29 is 4.79 Å². The molecular weight excluding hydrogens is 336 g/mol. The molecule has 0 bridgehead atoms. The molecular formula is C22H16N4O. The van der Waals surface area contributed by atoms with E-state index in [1.165, 1.54) is 0 Å². The molecule has 0 spiro atoms. The van der Waals surface area contributed by atoms with E-state index in [-0.39, 0.29) is 5.91 Å². The Labute approximate surface area is 155 Å². The summed E-state index contributed by atoms with van der Waals surface area (Å²) < 4.78 is 0. The molecule has 0 aliphatic rings. The molecule has 0 atom stereocenters. The number of carbonyl (C=O) groups is 1. The summed E-state index contributed by atoms with van der Waals surface area (Å²) in [5, 5.41) is 0.899. The fourth-order valence-electron chi connectivity index (χ4n) is 3.35. The third kappa shape index (κ3) is 2.52. The fourth-order valence-corrected chi connectivity index (χ4v) is 3.35. The standard InChI is InChI=1S/C22H16N4O/c1-26(15-7-3-2-4-8-15)22(27)14-11-12-17-16(13-14)20-21(24-17)25-19-10-6-5-9-18(19)23-20/h2-13H,1H3,(H,24,25). The van der Waals surface area contributed by atoms with Crippen LogP contribution in [0.1, 0.15) is 10.4 Å². The largest absolute Gasteiger partial charge is 0.338 e. The Morgan fingerprint density at radius 3 is 2.37 bits per heavy atom. The van der Waals surface area contributed by atoms with Gasteiger partial charge in [0, 0.05) is 29.2 Å². The maximum atomic E-state index is 12.9. The SMILES string of the molecule is CN(C(=O)c1ccc2[nH]c3nc4ccccc4nc3c2c1)c1ccccc1. The molecule has 27 heavy (non-hydrogen) atoms. The smallest absolute Gasteiger partial charge is 0.258 e. The minimum atomic E-state index is -0.0637. The number of carbonyl (C=O) groups excluding carboxylic acids is 1. The van der Waals surface area contributed by atoms with E-state index in [0.29, 0.717) is 5.56 Å². The number of anilines is 1. The molecule has 5 aromatic rings. The highest BCUT2D eigenvalue weighted by Gasteiger charge is 2.16. The summed E-state index contributed by atoms with van der Waals surface area (Å²) >= 11 is 0. The Kier molecular flexibility index (Phi) is 3.40. The summed E-state index contributed by atoms with van der Waals surface area (Å²) in [7, 11) is 1.78. The van der Waals surface area contributed by atoms with Crippen molar-refractivity contribution in [3.8, 4) is 0 Å². The van der Waals surface area contributed by atoms with Crippen molar-refractivity contribution in [1.82, 2.24) is 15.0 Å². The second-order valence-corrected chi connectivity index (χ2v) is 6.49. The zero-order valence-electron chi connectivity index (χ0n) is 14.7. The molecule has 130 valence electrons. The van der Waals surface area contributed by atoms with E-state index in [9.17, 15) is 4.79 Å². The van der Waals surface area contributed by atoms with Crippen LogP contribution in [-0.4, -0.2) is 27.9 Å². The van der Waals surface area contributed by atoms with E-state index in [4.69, 9.17) is 4.98 Å². The van der Waals surface area contributed by atoms with Crippen molar-refractivity contribution in [1.29, 1.82) is 0 Å². The van der Waals surface area contributed by atoms with E-state index in [1.54, 1.807) is 11.9 Å². The molecule has 0 saturated carbocycles. The van der Waals surface area contributed by atoms with Gasteiger partial charge in [0.15, 0.2) is 5.65 Å². The van der Waals surface area contributed by atoms with Crippen LogP contribution in [0.25, 0.3) is 33.1 Å². The molecule has 5 heteroatoms. The molecule has 5 nitrogen and oxygen atoms in total. The van der Waals surface area contributed by atoms with Crippen LogP contribution in [0.4, 0.5) is 5.69 Å². The van der Waals surface area contributed by atoms with E-state index < -0.39 is 0 Å². The van der Waals surface area contributed by atoms with Gasteiger partial charge in [0.05, 0.1) is 11.0 Å². The first-order valence-corrected chi connectivity index (χ1v) is 8.72. The molecule has 0 radical (unpaired) electrons. The van der Waals surface area contributed by atoms with Gasteiger partial charge in [0.2, 0.25) is 0 Å². The van der Waals surface area contributed by atoms with Gasteiger partial charge in [0.1, 0.15) is 5.52 Å². The molecule has 0 aliphatic heterocycles. The number of benzene rings is 3. The number of aromatic amines is 1. The zero-order chi connectivity index (χ0) is 18.4. The molecule has 0 saturated heterocycles. The van der Waals surface area contributed by atoms with Gasteiger partial charge in [-0.3, -0.25) is 4.79 Å². The lowest BCUT2D eigenvalue weighted by atomic mass is 10.1. The number of hydrogen-bond acceptors (Lipinski definition) is 3. The van der Waals surface area contributed by atoms with Crippen LogP contribution in [0, 0.1) is 0 Å². The van der Waals surface area contributed by atoms with Gasteiger partial charge < -0.3 is 9.88 Å². The van der Waals surface area contributed by atoms with E-state index >= 15 is 0 Å². The number of nitrogens with one attached hydrogen (secondary N) is 1. The normalized spacial score (nSPS) is 11.3. The number of amides is 1. The average molecular weight is 352 g/mol. The summed E-state index contributed by atoms with van der Waals surface area (Å²) in [6.07, 6.45) is 0. The summed E-state index contributed by atoms with van der Waals surface area (Å²) in [5.74, 6) is -0.0637. The third-order valence-corrected chi connectivity index (χ3v) is 4.79. The highest BCUT2D eigenvalue weighted by atomic mass is 16.2. The van der Waals surface area contributed by atoms with Gasteiger partial charge >= 0.3 is 0 Å². The minimum Gasteiger partial charge on any atom is -0.338 e. The van der Waals surface area contributed by atoms with Crippen molar-refractivity contribution in [3.63, 3.8) is 0 Å². The summed E-state index contributed by atoms with van der Waals surface area (Å²) in [5.41, 5.74) is 5.57. The topological polar surface area (TPSA) is 61.9 Å². The summed E-state index contributed by atoms with van der Waals surface area (Å²) in [4.78, 5) is 27.3. The lowest BCUT2D eigenvalue weighted by Crippen LogP contribution is -2.26. The maximum absolute atomic E-state index is 12.9. The van der Waals surface area contributed by atoms with Crippen molar-refractivity contribution in [2.75, 3.05) is 11.9 Å². The molecule has 2 heterocycles. The lowest BCUT2D eigenvalue weighted by Gasteiger charge is -2.17. The highest BCUT2D eigenvalue weighted by molar-refractivity contribution is 6.11. The Morgan fingerprint density at radius 2 is 1.59 bits per heavy atom. The number of aromatic nitrogens is 3. The van der Waals surface area contributed by atoms with Gasteiger partial charge in [-0.2, -0.15) is 0 Å². The predicted molar refractivity (Wildman–Crippen MR) is 108 cm³/mol. The van der Waals surface area contributed by atoms with Crippen molar-refractivity contribution in [2.45, 2.75) is 0 Å². The van der Waals surface area contributed by atoms with Crippen LogP contribution < -0.4 is 4.90 Å². The Bertz CT molecular complexity index is 1310. The molecule has 0 unspecified atom stereocenters. The van der Waals surface area contributed by atoms with Crippen LogP contribution in [0.2, 0.25) is 0 Å². The molecule has 5 rings (SSSR count). The maximum Gasteiger partial charge on any atom is 0.258 e. The average Bonchev–Trinajstić information content (AvgIpc) is 3.08. The van der Waals surface area contributed by atoms with Gasteiger partial charge in [-0.15, -0.1) is 0 Å². The quantitative estimate of drug-likeness (QED) is 0.507.